The lowest BCUT2D eigenvalue weighted by Crippen LogP contribution is -2.37. The van der Waals surface area contributed by atoms with Gasteiger partial charge in [-0.3, -0.25) is 9.79 Å². The molecule has 0 saturated carbocycles. The van der Waals surface area contributed by atoms with Gasteiger partial charge in [0.05, 0.1) is 25.1 Å². The molecule has 1 aliphatic rings. The number of nitrogens with zero attached hydrogens (tertiary/aromatic N) is 2. The predicted molar refractivity (Wildman–Crippen MR) is 145 cm³/mol. The van der Waals surface area contributed by atoms with Gasteiger partial charge in [0.15, 0.2) is 5.43 Å². The van der Waals surface area contributed by atoms with E-state index in [4.69, 9.17) is 14.1 Å². The van der Waals surface area contributed by atoms with Gasteiger partial charge in [-0.05, 0) is 42.2 Å². The lowest BCUT2D eigenvalue weighted by atomic mass is 9.92. The van der Waals surface area contributed by atoms with E-state index in [1.165, 1.54) is 6.07 Å². The molecular weight excluding hydrogens is 467 g/mol. The number of benzene rings is 3. The molecule has 4 aromatic rings. The minimum atomic E-state index is -0.271. The van der Waals surface area contributed by atoms with Crippen LogP contribution >= 0.6 is 0 Å². The van der Waals surface area contributed by atoms with Crippen molar-refractivity contribution >= 4 is 16.8 Å². The van der Waals surface area contributed by atoms with Crippen LogP contribution in [-0.2, 0) is 6.42 Å². The SMILES string of the molecule is COc1ccc2c(=O)c(Cc3ccccc3)c(C(C(C)C)N3CCN=C3c3ccc(C)c(F)c3)oc2c1. The van der Waals surface area contributed by atoms with E-state index in [0.29, 0.717) is 53.1 Å². The standard InChI is InChI=1S/C31H31FN2O3/c1-19(2)28(34-15-14-33-31(34)22-11-10-20(3)26(32)17-22)30-25(16-21-8-6-5-7-9-21)29(35)24-13-12-23(36-4)18-27(24)37-30/h5-13,17-19,28H,14-16H2,1-4H3. The number of fused-ring (bicyclic) bond motifs is 1. The van der Waals surface area contributed by atoms with E-state index in [2.05, 4.69) is 18.7 Å². The molecule has 37 heavy (non-hydrogen) atoms. The van der Waals surface area contributed by atoms with Crippen molar-refractivity contribution < 1.29 is 13.5 Å². The fraction of sp³-hybridized carbons (Fsp3) is 0.290. The first kappa shape index (κ1) is 24.8. The van der Waals surface area contributed by atoms with E-state index >= 15 is 0 Å². The van der Waals surface area contributed by atoms with E-state index in [1.54, 1.807) is 38.3 Å². The molecule has 0 aliphatic carbocycles. The van der Waals surface area contributed by atoms with Crippen LogP contribution in [0.25, 0.3) is 11.0 Å². The minimum Gasteiger partial charge on any atom is -0.497 e. The molecule has 190 valence electrons. The molecule has 6 heteroatoms. The number of hydrogen-bond acceptors (Lipinski definition) is 5. The third kappa shape index (κ3) is 4.76. The Hall–Kier alpha value is -3.93. The van der Waals surface area contributed by atoms with Crippen LogP contribution in [0.3, 0.4) is 0 Å². The van der Waals surface area contributed by atoms with Crippen molar-refractivity contribution in [3.05, 3.63) is 111 Å². The molecule has 0 N–H and O–H groups in total. The summed E-state index contributed by atoms with van der Waals surface area (Å²) in [7, 11) is 1.59. The van der Waals surface area contributed by atoms with Crippen LogP contribution in [0.5, 0.6) is 5.75 Å². The van der Waals surface area contributed by atoms with Crippen LogP contribution in [0.15, 0.2) is 80.9 Å². The van der Waals surface area contributed by atoms with Crippen LogP contribution < -0.4 is 10.2 Å². The van der Waals surface area contributed by atoms with Crippen molar-refractivity contribution in [3.8, 4) is 5.75 Å². The number of ether oxygens (including phenoxy) is 1. The second-order valence-electron chi connectivity index (χ2n) is 9.85. The number of amidine groups is 1. The maximum atomic E-state index is 14.5. The zero-order valence-corrected chi connectivity index (χ0v) is 21.6. The lowest BCUT2D eigenvalue weighted by Gasteiger charge is -2.34. The van der Waals surface area contributed by atoms with E-state index in [9.17, 15) is 9.18 Å². The zero-order chi connectivity index (χ0) is 26.1. The second-order valence-corrected chi connectivity index (χ2v) is 9.85. The summed E-state index contributed by atoms with van der Waals surface area (Å²) >= 11 is 0. The molecule has 0 radical (unpaired) electrons. The van der Waals surface area contributed by atoms with Crippen LogP contribution in [0.2, 0.25) is 0 Å². The van der Waals surface area contributed by atoms with Crippen molar-refractivity contribution in [2.24, 2.45) is 10.9 Å². The summed E-state index contributed by atoms with van der Waals surface area (Å²) in [5.74, 6) is 1.78. The quantitative estimate of drug-likeness (QED) is 0.300. The monoisotopic (exact) mass is 498 g/mol. The summed E-state index contributed by atoms with van der Waals surface area (Å²) in [5.41, 5.74) is 3.41. The minimum absolute atomic E-state index is 0.0486. The number of aryl methyl sites for hydroxylation is 1. The topological polar surface area (TPSA) is 55.0 Å². The molecule has 0 fully saturated rings. The third-order valence-electron chi connectivity index (χ3n) is 6.99. The van der Waals surface area contributed by atoms with Crippen LogP contribution in [0.1, 0.15) is 47.9 Å². The first-order valence-corrected chi connectivity index (χ1v) is 12.6. The van der Waals surface area contributed by atoms with Gasteiger partial charge in [-0.1, -0.05) is 56.3 Å². The van der Waals surface area contributed by atoms with Crippen molar-refractivity contribution in [1.29, 1.82) is 0 Å². The van der Waals surface area contributed by atoms with Crippen LogP contribution in [-0.4, -0.2) is 30.9 Å². The summed E-state index contributed by atoms with van der Waals surface area (Å²) in [6.07, 6.45) is 0.448. The second kappa shape index (κ2) is 10.2. The summed E-state index contributed by atoms with van der Waals surface area (Å²) in [4.78, 5) is 20.8. The molecule has 0 saturated heterocycles. The molecule has 1 unspecified atom stereocenters. The van der Waals surface area contributed by atoms with Gasteiger partial charge < -0.3 is 14.1 Å². The Morgan fingerprint density at radius 3 is 2.57 bits per heavy atom. The Kier molecular flexibility index (Phi) is 6.83. The first-order chi connectivity index (χ1) is 17.9. The van der Waals surface area contributed by atoms with Gasteiger partial charge in [-0.2, -0.15) is 0 Å². The maximum Gasteiger partial charge on any atom is 0.196 e. The van der Waals surface area contributed by atoms with Gasteiger partial charge in [-0.25, -0.2) is 4.39 Å². The number of halogens is 1. The number of methoxy groups -OCH3 is 1. The zero-order valence-electron chi connectivity index (χ0n) is 21.6. The molecule has 5 nitrogen and oxygen atoms in total. The van der Waals surface area contributed by atoms with Gasteiger partial charge in [0.25, 0.3) is 0 Å². The molecule has 0 bridgehead atoms. The summed E-state index contributed by atoms with van der Waals surface area (Å²) in [6.45, 7) is 7.21. The number of hydrogen-bond donors (Lipinski definition) is 0. The molecule has 0 spiro atoms. The van der Waals surface area contributed by atoms with Crippen molar-refractivity contribution in [2.75, 3.05) is 20.2 Å². The normalized spacial score (nSPS) is 14.3. The van der Waals surface area contributed by atoms with Gasteiger partial charge in [-0.15, -0.1) is 0 Å². The highest BCUT2D eigenvalue weighted by Crippen LogP contribution is 2.36. The lowest BCUT2D eigenvalue weighted by molar-refractivity contribution is 0.231. The Balaban J connectivity index is 1.69. The number of aliphatic imine (C=N–C) groups is 1. The molecule has 1 atom stereocenters. The fourth-order valence-corrected chi connectivity index (χ4v) is 5.09. The van der Waals surface area contributed by atoms with E-state index < -0.39 is 0 Å². The average molecular weight is 499 g/mol. The van der Waals surface area contributed by atoms with Crippen LogP contribution in [0.4, 0.5) is 4.39 Å². The van der Waals surface area contributed by atoms with Crippen molar-refractivity contribution in [2.45, 2.75) is 33.2 Å². The van der Waals surface area contributed by atoms with Gasteiger partial charge >= 0.3 is 0 Å². The Morgan fingerprint density at radius 1 is 1.08 bits per heavy atom. The number of rotatable bonds is 7. The van der Waals surface area contributed by atoms with Crippen molar-refractivity contribution in [3.63, 3.8) is 0 Å². The largest absolute Gasteiger partial charge is 0.497 e. The Morgan fingerprint density at radius 2 is 1.86 bits per heavy atom. The summed E-state index contributed by atoms with van der Waals surface area (Å²) in [5, 5.41) is 0.522. The predicted octanol–water partition coefficient (Wildman–Crippen LogP) is 6.30. The molecular formula is C31H31FN2O3. The van der Waals surface area contributed by atoms with E-state index in [-0.39, 0.29) is 23.2 Å². The highest BCUT2D eigenvalue weighted by Gasteiger charge is 2.34. The highest BCUT2D eigenvalue weighted by atomic mass is 19.1. The highest BCUT2D eigenvalue weighted by molar-refractivity contribution is 6.00. The smallest absolute Gasteiger partial charge is 0.196 e. The van der Waals surface area contributed by atoms with Gasteiger partial charge in [0.1, 0.15) is 28.7 Å². The van der Waals surface area contributed by atoms with Crippen molar-refractivity contribution in [1.82, 2.24) is 4.90 Å². The summed E-state index contributed by atoms with van der Waals surface area (Å²) < 4.78 is 26.5. The molecule has 2 heterocycles. The van der Waals surface area contributed by atoms with E-state index in [0.717, 1.165) is 17.0 Å². The molecule has 5 rings (SSSR count). The Labute approximate surface area is 216 Å². The molecule has 1 aromatic heterocycles. The molecule has 1 aliphatic heterocycles. The average Bonchev–Trinajstić information content (AvgIpc) is 3.37. The van der Waals surface area contributed by atoms with Gasteiger partial charge in [0, 0.05) is 30.2 Å². The maximum absolute atomic E-state index is 14.5. The molecule has 3 aromatic carbocycles. The Bertz CT molecular complexity index is 1530. The van der Waals surface area contributed by atoms with Crippen LogP contribution in [0, 0.1) is 18.7 Å². The summed E-state index contributed by atoms with van der Waals surface area (Å²) in [6, 6.07) is 20.2. The van der Waals surface area contributed by atoms with E-state index in [1.807, 2.05) is 36.4 Å². The first-order valence-electron chi connectivity index (χ1n) is 12.6. The van der Waals surface area contributed by atoms with Gasteiger partial charge in [0.2, 0.25) is 0 Å². The fourth-order valence-electron chi connectivity index (χ4n) is 5.09. The molecule has 0 amide bonds. The third-order valence-corrected chi connectivity index (χ3v) is 6.99.